The number of furan rings is 1. The molecular formula is C22H22F2N2O2S. The number of nitrogens with two attached hydrogens (primary N) is 1. The van der Waals surface area contributed by atoms with Crippen molar-refractivity contribution in [1.29, 1.82) is 0 Å². The smallest absolute Gasteiger partial charge is 0.288 e. The fourth-order valence-electron chi connectivity index (χ4n) is 3.05. The SMILES string of the molecule is CCc1ccc(CNc2ccc([C@@H](C(N)=O)c3ccc(SC(F)F)cc3)cc2)o1. The van der Waals surface area contributed by atoms with Gasteiger partial charge < -0.3 is 15.5 Å². The summed E-state index contributed by atoms with van der Waals surface area (Å²) in [6.07, 6.45) is 0.852. The number of nitrogens with one attached hydrogen (secondary N) is 1. The van der Waals surface area contributed by atoms with Crippen molar-refractivity contribution in [3.63, 3.8) is 0 Å². The van der Waals surface area contributed by atoms with Gasteiger partial charge >= 0.3 is 0 Å². The Morgan fingerprint density at radius 3 is 2.10 bits per heavy atom. The number of aryl methyl sites for hydroxylation is 1. The van der Waals surface area contributed by atoms with E-state index in [0.29, 0.717) is 28.8 Å². The Balaban J connectivity index is 1.70. The summed E-state index contributed by atoms with van der Waals surface area (Å²) in [7, 11) is 0. The number of rotatable bonds is 9. The van der Waals surface area contributed by atoms with Gasteiger partial charge in [0.15, 0.2) is 0 Å². The third-order valence-electron chi connectivity index (χ3n) is 4.50. The first-order valence-corrected chi connectivity index (χ1v) is 10.1. The number of primary amides is 1. The van der Waals surface area contributed by atoms with Crippen molar-refractivity contribution in [3.8, 4) is 0 Å². The highest BCUT2D eigenvalue weighted by Gasteiger charge is 2.20. The fraction of sp³-hybridized carbons (Fsp3) is 0.227. The lowest BCUT2D eigenvalue weighted by atomic mass is 9.90. The Bertz CT molecular complexity index is 940. The highest BCUT2D eigenvalue weighted by atomic mass is 32.2. The summed E-state index contributed by atoms with van der Waals surface area (Å²) in [5.41, 5.74) is 7.91. The molecule has 3 aromatic rings. The molecule has 1 heterocycles. The van der Waals surface area contributed by atoms with Crippen LogP contribution in [0.15, 0.2) is 70.0 Å². The zero-order chi connectivity index (χ0) is 20.8. The quantitative estimate of drug-likeness (QED) is 0.459. The molecule has 3 N–H and O–H groups in total. The van der Waals surface area contributed by atoms with Crippen molar-refractivity contribution in [1.82, 2.24) is 0 Å². The van der Waals surface area contributed by atoms with Crippen LogP contribution in [-0.2, 0) is 17.8 Å². The zero-order valence-corrected chi connectivity index (χ0v) is 16.7. The number of carbonyl (C=O) groups excluding carboxylic acids is 1. The highest BCUT2D eigenvalue weighted by Crippen LogP contribution is 2.30. The normalized spacial score (nSPS) is 12.1. The predicted octanol–water partition coefficient (Wildman–Crippen LogP) is 5.39. The van der Waals surface area contributed by atoms with E-state index < -0.39 is 17.6 Å². The Morgan fingerprint density at radius 1 is 1.00 bits per heavy atom. The largest absolute Gasteiger partial charge is 0.464 e. The van der Waals surface area contributed by atoms with Gasteiger partial charge in [0.05, 0.1) is 12.5 Å². The summed E-state index contributed by atoms with van der Waals surface area (Å²) in [5.74, 6) is -1.83. The van der Waals surface area contributed by atoms with Gasteiger partial charge in [-0.15, -0.1) is 0 Å². The van der Waals surface area contributed by atoms with Gasteiger partial charge in [-0.3, -0.25) is 4.79 Å². The minimum Gasteiger partial charge on any atom is -0.464 e. The Labute approximate surface area is 172 Å². The molecule has 1 amide bonds. The van der Waals surface area contributed by atoms with Gasteiger partial charge in [-0.2, -0.15) is 8.78 Å². The number of anilines is 1. The molecule has 1 atom stereocenters. The van der Waals surface area contributed by atoms with E-state index in [1.165, 1.54) is 0 Å². The first-order valence-electron chi connectivity index (χ1n) is 9.21. The maximum absolute atomic E-state index is 12.5. The lowest BCUT2D eigenvalue weighted by Crippen LogP contribution is -2.22. The van der Waals surface area contributed by atoms with Gasteiger partial charge in [-0.25, -0.2) is 0 Å². The van der Waals surface area contributed by atoms with Crippen LogP contribution >= 0.6 is 11.8 Å². The Kier molecular flexibility index (Phi) is 6.93. The highest BCUT2D eigenvalue weighted by molar-refractivity contribution is 7.99. The average molecular weight is 416 g/mol. The van der Waals surface area contributed by atoms with Gasteiger partial charge in [-0.1, -0.05) is 43.0 Å². The average Bonchev–Trinajstić information content (AvgIpc) is 3.16. The molecule has 0 fully saturated rings. The van der Waals surface area contributed by atoms with E-state index in [2.05, 4.69) is 5.32 Å². The number of carbonyl (C=O) groups is 1. The fourth-order valence-corrected chi connectivity index (χ4v) is 3.55. The van der Waals surface area contributed by atoms with E-state index in [4.69, 9.17) is 10.2 Å². The van der Waals surface area contributed by atoms with Crippen molar-refractivity contribution < 1.29 is 18.0 Å². The molecule has 0 aliphatic carbocycles. The number of amides is 1. The summed E-state index contributed by atoms with van der Waals surface area (Å²) in [4.78, 5) is 12.5. The minimum absolute atomic E-state index is 0.440. The van der Waals surface area contributed by atoms with Crippen molar-refractivity contribution >= 4 is 23.4 Å². The molecule has 0 spiro atoms. The molecule has 152 valence electrons. The Hall–Kier alpha value is -2.80. The second-order valence-corrected chi connectivity index (χ2v) is 7.54. The molecule has 0 saturated heterocycles. The van der Waals surface area contributed by atoms with Crippen molar-refractivity contribution in [3.05, 3.63) is 83.3 Å². The molecular weight excluding hydrogens is 394 g/mol. The number of alkyl halides is 2. The summed E-state index contributed by atoms with van der Waals surface area (Å²) in [6, 6.07) is 17.8. The molecule has 0 bridgehead atoms. The molecule has 0 unspecified atom stereocenters. The maximum Gasteiger partial charge on any atom is 0.288 e. The summed E-state index contributed by atoms with van der Waals surface area (Å²) < 4.78 is 30.6. The summed E-state index contributed by atoms with van der Waals surface area (Å²) >= 11 is 0.466. The second-order valence-electron chi connectivity index (χ2n) is 6.48. The number of halogens is 2. The number of benzene rings is 2. The van der Waals surface area contributed by atoms with Crippen LogP contribution in [0, 0.1) is 0 Å². The molecule has 4 nitrogen and oxygen atoms in total. The number of thioether (sulfide) groups is 1. The molecule has 0 aliphatic heterocycles. The van der Waals surface area contributed by atoms with Gasteiger partial charge in [0.1, 0.15) is 11.5 Å². The van der Waals surface area contributed by atoms with Crippen LogP contribution in [0.3, 0.4) is 0 Å². The second kappa shape index (κ2) is 9.60. The topological polar surface area (TPSA) is 68.3 Å². The lowest BCUT2D eigenvalue weighted by molar-refractivity contribution is -0.118. The van der Waals surface area contributed by atoms with Crippen LogP contribution in [0.2, 0.25) is 0 Å². The van der Waals surface area contributed by atoms with Crippen LogP contribution in [0.4, 0.5) is 14.5 Å². The Morgan fingerprint density at radius 2 is 1.59 bits per heavy atom. The van der Waals surface area contributed by atoms with Crippen molar-refractivity contribution in [2.45, 2.75) is 36.5 Å². The standard InChI is InChI=1S/C22H22F2N2O2S/c1-2-17-9-10-18(28-17)13-26-16-7-3-14(4-8-16)20(21(25)27)15-5-11-19(12-6-15)29-22(23)24/h3-12,20,22,26H,2,13H2,1H3,(H2,25,27)/t20-/m1/s1. The van der Waals surface area contributed by atoms with Crippen molar-refractivity contribution in [2.24, 2.45) is 5.73 Å². The first kappa shape index (κ1) is 20.9. The molecule has 2 aromatic carbocycles. The molecule has 0 saturated carbocycles. The van der Waals surface area contributed by atoms with Gasteiger partial charge in [-0.05, 0) is 47.5 Å². The minimum atomic E-state index is -2.48. The monoisotopic (exact) mass is 416 g/mol. The summed E-state index contributed by atoms with van der Waals surface area (Å²) in [6.45, 7) is 2.59. The number of hydrogen-bond donors (Lipinski definition) is 2. The summed E-state index contributed by atoms with van der Waals surface area (Å²) in [5, 5.41) is 3.28. The number of hydrogen-bond acceptors (Lipinski definition) is 4. The molecule has 0 radical (unpaired) electrons. The third kappa shape index (κ3) is 5.60. The van der Waals surface area contributed by atoms with Crippen LogP contribution in [0.1, 0.15) is 35.5 Å². The van der Waals surface area contributed by atoms with Crippen LogP contribution in [0.5, 0.6) is 0 Å². The van der Waals surface area contributed by atoms with E-state index in [9.17, 15) is 13.6 Å². The van der Waals surface area contributed by atoms with E-state index in [0.717, 1.165) is 29.2 Å². The van der Waals surface area contributed by atoms with Gasteiger partial charge in [0.2, 0.25) is 5.91 Å². The molecule has 29 heavy (non-hydrogen) atoms. The molecule has 1 aromatic heterocycles. The molecule has 7 heteroatoms. The first-order chi connectivity index (χ1) is 14.0. The van der Waals surface area contributed by atoms with E-state index >= 15 is 0 Å². The molecule has 0 aliphatic rings. The van der Waals surface area contributed by atoms with Gasteiger partial charge in [0.25, 0.3) is 5.76 Å². The van der Waals surface area contributed by atoms with E-state index in [1.54, 1.807) is 24.3 Å². The predicted molar refractivity (Wildman–Crippen MR) is 111 cm³/mol. The van der Waals surface area contributed by atoms with Crippen molar-refractivity contribution in [2.75, 3.05) is 5.32 Å². The van der Waals surface area contributed by atoms with Gasteiger partial charge in [0, 0.05) is 17.0 Å². The van der Waals surface area contributed by atoms with Crippen LogP contribution in [-0.4, -0.2) is 11.7 Å². The molecule has 3 rings (SSSR count). The van der Waals surface area contributed by atoms with Crippen LogP contribution < -0.4 is 11.1 Å². The maximum atomic E-state index is 12.5. The zero-order valence-electron chi connectivity index (χ0n) is 15.9. The van der Waals surface area contributed by atoms with E-state index in [-0.39, 0.29) is 0 Å². The lowest BCUT2D eigenvalue weighted by Gasteiger charge is -2.16. The third-order valence-corrected chi connectivity index (χ3v) is 5.22. The van der Waals surface area contributed by atoms with Crippen LogP contribution in [0.25, 0.3) is 0 Å². The van der Waals surface area contributed by atoms with E-state index in [1.807, 2.05) is 43.3 Å².